The molecule has 1 atom stereocenters. The van der Waals surface area contributed by atoms with Gasteiger partial charge in [0, 0.05) is 37.3 Å². The van der Waals surface area contributed by atoms with E-state index in [0.29, 0.717) is 5.92 Å². The summed E-state index contributed by atoms with van der Waals surface area (Å²) in [4.78, 5) is 11.5. The first-order valence-corrected chi connectivity index (χ1v) is 7.72. The molecule has 0 bridgehead atoms. The number of rotatable bonds is 1. The Morgan fingerprint density at radius 1 is 1.24 bits per heavy atom. The van der Waals surface area contributed by atoms with Gasteiger partial charge in [-0.2, -0.15) is 0 Å². The molecule has 4 nitrogen and oxygen atoms in total. The van der Waals surface area contributed by atoms with E-state index in [4.69, 9.17) is 0 Å². The zero-order chi connectivity index (χ0) is 14.2. The van der Waals surface area contributed by atoms with E-state index in [2.05, 4.69) is 51.4 Å². The number of nitrogens with zero attached hydrogens (tertiary/aromatic N) is 3. The molecule has 0 amide bonds. The smallest absolute Gasteiger partial charge is 0.141 e. The monoisotopic (exact) mass is 280 g/mol. The molecule has 0 saturated carbocycles. The van der Waals surface area contributed by atoms with Crippen LogP contribution in [-0.4, -0.2) is 23.1 Å². The lowest BCUT2D eigenvalue weighted by Crippen LogP contribution is -2.34. The molecule has 4 heteroatoms. The third-order valence-corrected chi connectivity index (χ3v) is 4.45. The lowest BCUT2D eigenvalue weighted by atomic mass is 9.93. The van der Waals surface area contributed by atoms with Gasteiger partial charge in [0.15, 0.2) is 0 Å². The van der Waals surface area contributed by atoms with Gasteiger partial charge in [-0.1, -0.05) is 25.1 Å². The molecule has 3 heterocycles. The number of benzene rings is 1. The van der Waals surface area contributed by atoms with Gasteiger partial charge >= 0.3 is 0 Å². The van der Waals surface area contributed by atoms with Crippen molar-refractivity contribution >= 4 is 11.5 Å². The van der Waals surface area contributed by atoms with E-state index >= 15 is 0 Å². The van der Waals surface area contributed by atoms with E-state index < -0.39 is 0 Å². The van der Waals surface area contributed by atoms with Gasteiger partial charge in [-0.3, -0.25) is 0 Å². The Hall–Kier alpha value is -1.94. The van der Waals surface area contributed by atoms with Gasteiger partial charge < -0.3 is 10.2 Å². The van der Waals surface area contributed by atoms with Crippen molar-refractivity contribution in [1.82, 2.24) is 15.3 Å². The Labute approximate surface area is 125 Å². The van der Waals surface area contributed by atoms with E-state index in [-0.39, 0.29) is 0 Å². The van der Waals surface area contributed by atoms with E-state index in [1.165, 1.54) is 22.5 Å². The molecule has 0 aliphatic carbocycles. The first-order valence-electron chi connectivity index (χ1n) is 7.72. The van der Waals surface area contributed by atoms with Crippen LogP contribution in [0.2, 0.25) is 0 Å². The molecule has 0 spiro atoms. The second-order valence-electron chi connectivity index (χ2n) is 6.10. The summed E-state index contributed by atoms with van der Waals surface area (Å²) in [5.74, 6) is 1.73. The molecule has 0 saturated heterocycles. The Morgan fingerprint density at radius 3 is 3.10 bits per heavy atom. The van der Waals surface area contributed by atoms with Crippen molar-refractivity contribution in [1.29, 1.82) is 0 Å². The van der Waals surface area contributed by atoms with Crippen LogP contribution in [-0.2, 0) is 19.4 Å². The van der Waals surface area contributed by atoms with Crippen LogP contribution >= 0.6 is 0 Å². The largest absolute Gasteiger partial charge is 0.325 e. The number of hydrogen-bond acceptors (Lipinski definition) is 4. The maximum absolute atomic E-state index is 4.62. The average Bonchev–Trinajstić information content (AvgIpc) is 2.53. The Kier molecular flexibility index (Phi) is 3.11. The van der Waals surface area contributed by atoms with Crippen LogP contribution in [0.15, 0.2) is 30.6 Å². The molecule has 2 aromatic rings. The molecule has 2 aliphatic rings. The minimum atomic E-state index is 0.641. The second-order valence-corrected chi connectivity index (χ2v) is 6.10. The summed E-state index contributed by atoms with van der Waals surface area (Å²) in [5.41, 5.74) is 5.21. The fraction of sp³-hybridized carbons (Fsp3) is 0.412. The highest BCUT2D eigenvalue weighted by molar-refractivity contribution is 5.68. The Bertz CT molecular complexity index is 668. The Balaban J connectivity index is 1.84. The summed E-state index contributed by atoms with van der Waals surface area (Å²) in [6.45, 7) is 5.23. The SMILES string of the molecule is CC1Cc2ccccc2N(c2ncnc3c2CNCC3)C1. The van der Waals surface area contributed by atoms with Crippen molar-refractivity contribution in [3.63, 3.8) is 0 Å². The van der Waals surface area contributed by atoms with Gasteiger partial charge in [0.25, 0.3) is 0 Å². The first kappa shape index (κ1) is 12.8. The molecule has 0 radical (unpaired) electrons. The summed E-state index contributed by atoms with van der Waals surface area (Å²) in [7, 11) is 0. The van der Waals surface area contributed by atoms with Crippen LogP contribution in [0.1, 0.15) is 23.7 Å². The van der Waals surface area contributed by atoms with Crippen LogP contribution in [0, 0.1) is 5.92 Å². The van der Waals surface area contributed by atoms with Gasteiger partial charge in [-0.25, -0.2) is 9.97 Å². The van der Waals surface area contributed by atoms with Crippen molar-refractivity contribution in [3.05, 3.63) is 47.4 Å². The summed E-state index contributed by atoms with van der Waals surface area (Å²) < 4.78 is 0. The molecule has 1 aromatic heterocycles. The molecule has 108 valence electrons. The number of para-hydroxylation sites is 1. The summed E-state index contributed by atoms with van der Waals surface area (Å²) in [5, 5.41) is 3.45. The lowest BCUT2D eigenvalue weighted by Gasteiger charge is -2.35. The summed E-state index contributed by atoms with van der Waals surface area (Å²) >= 11 is 0. The van der Waals surface area contributed by atoms with Gasteiger partial charge in [0.05, 0.1) is 5.69 Å². The number of hydrogen-bond donors (Lipinski definition) is 1. The fourth-order valence-electron chi connectivity index (χ4n) is 3.48. The lowest BCUT2D eigenvalue weighted by molar-refractivity contribution is 0.554. The molecule has 1 aromatic carbocycles. The molecular formula is C17H20N4. The highest BCUT2D eigenvalue weighted by Crippen LogP contribution is 2.36. The van der Waals surface area contributed by atoms with Crippen LogP contribution in [0.4, 0.5) is 11.5 Å². The third-order valence-electron chi connectivity index (χ3n) is 4.45. The predicted octanol–water partition coefficient (Wildman–Crippen LogP) is 2.45. The number of fused-ring (bicyclic) bond motifs is 2. The van der Waals surface area contributed by atoms with E-state index in [0.717, 1.165) is 38.3 Å². The number of anilines is 2. The van der Waals surface area contributed by atoms with E-state index in [1.807, 2.05) is 0 Å². The number of nitrogens with one attached hydrogen (secondary N) is 1. The zero-order valence-electron chi connectivity index (χ0n) is 12.3. The third kappa shape index (κ3) is 2.20. The predicted molar refractivity (Wildman–Crippen MR) is 83.8 cm³/mol. The van der Waals surface area contributed by atoms with Gasteiger partial charge in [-0.05, 0) is 24.0 Å². The number of aromatic nitrogens is 2. The molecule has 0 fully saturated rings. The van der Waals surface area contributed by atoms with Crippen molar-refractivity contribution < 1.29 is 0 Å². The average molecular weight is 280 g/mol. The second kappa shape index (κ2) is 5.11. The molecule has 2 aliphatic heterocycles. The highest BCUT2D eigenvalue weighted by Gasteiger charge is 2.27. The summed E-state index contributed by atoms with van der Waals surface area (Å²) in [6, 6.07) is 8.70. The fourth-order valence-corrected chi connectivity index (χ4v) is 3.48. The highest BCUT2D eigenvalue weighted by atomic mass is 15.2. The van der Waals surface area contributed by atoms with Crippen molar-refractivity contribution in [2.24, 2.45) is 5.92 Å². The Morgan fingerprint density at radius 2 is 2.14 bits per heavy atom. The standard InChI is InChI=1S/C17H20N4/c1-12-8-13-4-2-3-5-16(13)21(10-12)17-14-9-18-7-6-15(14)19-11-20-17/h2-5,11-12,18H,6-10H2,1H3. The molecule has 1 unspecified atom stereocenters. The molecule has 1 N–H and O–H groups in total. The first-order chi connectivity index (χ1) is 10.3. The molecular weight excluding hydrogens is 260 g/mol. The van der Waals surface area contributed by atoms with Gasteiger partial charge in [0.1, 0.15) is 12.1 Å². The van der Waals surface area contributed by atoms with Crippen LogP contribution in [0.3, 0.4) is 0 Å². The van der Waals surface area contributed by atoms with Crippen molar-refractivity contribution in [2.75, 3.05) is 18.0 Å². The molecule has 21 heavy (non-hydrogen) atoms. The quantitative estimate of drug-likeness (QED) is 0.871. The topological polar surface area (TPSA) is 41.1 Å². The van der Waals surface area contributed by atoms with Crippen LogP contribution < -0.4 is 10.2 Å². The molecule has 4 rings (SSSR count). The van der Waals surface area contributed by atoms with Gasteiger partial charge in [0.2, 0.25) is 0 Å². The van der Waals surface area contributed by atoms with Crippen LogP contribution in [0.5, 0.6) is 0 Å². The van der Waals surface area contributed by atoms with Crippen molar-refractivity contribution in [2.45, 2.75) is 26.3 Å². The zero-order valence-corrected chi connectivity index (χ0v) is 12.3. The summed E-state index contributed by atoms with van der Waals surface area (Å²) in [6.07, 6.45) is 3.87. The van der Waals surface area contributed by atoms with E-state index in [1.54, 1.807) is 6.33 Å². The van der Waals surface area contributed by atoms with E-state index in [9.17, 15) is 0 Å². The maximum Gasteiger partial charge on any atom is 0.141 e. The van der Waals surface area contributed by atoms with Crippen molar-refractivity contribution in [3.8, 4) is 0 Å². The van der Waals surface area contributed by atoms with Crippen LogP contribution in [0.25, 0.3) is 0 Å². The minimum absolute atomic E-state index is 0.641. The maximum atomic E-state index is 4.62. The minimum Gasteiger partial charge on any atom is -0.325 e. The van der Waals surface area contributed by atoms with Gasteiger partial charge in [-0.15, -0.1) is 0 Å². The normalized spacial score (nSPS) is 20.8.